The minimum absolute atomic E-state index is 0.0532. The lowest BCUT2D eigenvalue weighted by Gasteiger charge is -2.15. The maximum absolute atomic E-state index is 11.5. The summed E-state index contributed by atoms with van der Waals surface area (Å²) in [5.74, 6) is 2.54. The number of nitrogens with one attached hydrogen (secondary N) is 2. The van der Waals surface area contributed by atoms with Crippen molar-refractivity contribution in [2.75, 3.05) is 19.8 Å². The minimum Gasteiger partial charge on any atom is -0.395 e. The predicted molar refractivity (Wildman–Crippen MR) is 93.7 cm³/mol. The highest BCUT2D eigenvalue weighted by Gasteiger charge is 2.59. The molecule has 25 heavy (non-hydrogen) atoms. The van der Waals surface area contributed by atoms with Crippen molar-refractivity contribution in [3.63, 3.8) is 0 Å². The Morgan fingerprint density at radius 1 is 0.880 bits per heavy atom. The van der Waals surface area contributed by atoms with Crippen molar-refractivity contribution in [1.82, 2.24) is 10.6 Å². The highest BCUT2D eigenvalue weighted by Crippen LogP contribution is 2.64. The SMILES string of the molecule is O=C1NC(CO)[C@H]2CC3(CC3)CC12.OCC1NCC2CC3(CC3)C[C@@H]21. The van der Waals surface area contributed by atoms with E-state index in [0.717, 1.165) is 30.2 Å². The zero-order valence-electron chi connectivity index (χ0n) is 15.0. The third-order valence-corrected chi connectivity index (χ3v) is 8.46. The molecule has 0 radical (unpaired) electrons. The van der Waals surface area contributed by atoms with E-state index in [1.807, 2.05) is 0 Å². The van der Waals surface area contributed by atoms with Gasteiger partial charge >= 0.3 is 0 Å². The molecule has 6 rings (SSSR count). The van der Waals surface area contributed by atoms with E-state index in [9.17, 15) is 4.79 Å². The van der Waals surface area contributed by atoms with Crippen molar-refractivity contribution < 1.29 is 15.0 Å². The second-order valence-corrected chi connectivity index (χ2v) is 10.0. The van der Waals surface area contributed by atoms with Crippen LogP contribution in [0.4, 0.5) is 0 Å². The lowest BCUT2D eigenvalue weighted by atomic mass is 9.94. The van der Waals surface area contributed by atoms with E-state index in [1.54, 1.807) is 0 Å². The van der Waals surface area contributed by atoms with Crippen molar-refractivity contribution in [1.29, 1.82) is 0 Å². The van der Waals surface area contributed by atoms with Crippen LogP contribution in [0.2, 0.25) is 0 Å². The molecule has 2 aliphatic heterocycles. The molecule has 6 aliphatic rings. The average Bonchev–Trinajstić information content (AvgIpc) is 3.33. The Kier molecular flexibility index (Phi) is 3.75. The number of aliphatic hydroxyl groups is 2. The Hall–Kier alpha value is -0.650. The largest absolute Gasteiger partial charge is 0.395 e. The third kappa shape index (κ3) is 2.74. The molecule has 1 amide bonds. The van der Waals surface area contributed by atoms with Gasteiger partial charge in [-0.15, -0.1) is 0 Å². The molecule has 2 heterocycles. The Morgan fingerprint density at radius 3 is 2.16 bits per heavy atom. The van der Waals surface area contributed by atoms with Gasteiger partial charge in [-0.25, -0.2) is 0 Å². The Labute approximate surface area is 149 Å². The maximum atomic E-state index is 11.5. The van der Waals surface area contributed by atoms with Crippen molar-refractivity contribution in [3.8, 4) is 0 Å². The molecule has 4 aliphatic carbocycles. The molecule has 0 bridgehead atoms. The molecule has 6 atom stereocenters. The van der Waals surface area contributed by atoms with E-state index in [1.165, 1.54) is 44.9 Å². The Morgan fingerprint density at radius 2 is 1.52 bits per heavy atom. The normalized spacial score (nSPS) is 46.6. The fourth-order valence-corrected chi connectivity index (χ4v) is 6.61. The van der Waals surface area contributed by atoms with Crippen molar-refractivity contribution in [2.45, 2.75) is 63.5 Å². The first kappa shape index (κ1) is 16.5. The lowest BCUT2D eigenvalue weighted by molar-refractivity contribution is -0.123. The molecule has 0 aromatic heterocycles. The van der Waals surface area contributed by atoms with Gasteiger partial charge in [0.2, 0.25) is 5.91 Å². The number of rotatable bonds is 2. The van der Waals surface area contributed by atoms with Crippen molar-refractivity contribution >= 4 is 5.91 Å². The summed E-state index contributed by atoms with van der Waals surface area (Å²) in [4.78, 5) is 11.5. The van der Waals surface area contributed by atoms with Gasteiger partial charge in [0.25, 0.3) is 0 Å². The summed E-state index contributed by atoms with van der Waals surface area (Å²) in [6.45, 7) is 1.62. The van der Waals surface area contributed by atoms with Gasteiger partial charge in [0.15, 0.2) is 0 Å². The molecule has 4 unspecified atom stereocenters. The standard InChI is InChI=1S/C10H15NO2.C10H17NO/c12-5-8-6-3-10(1-2-10)4-7(6)9(13)11-8;12-6-9-8-4-10(1-2-10)3-7(8)5-11-9/h6-8,12H,1-5H2,(H,11,13);7-9,11-12H,1-6H2/t6-,7?,8?;7?,8-,9?/m00/s1. The van der Waals surface area contributed by atoms with E-state index in [0.29, 0.717) is 24.0 Å². The van der Waals surface area contributed by atoms with Gasteiger partial charge in [0, 0.05) is 12.0 Å². The molecule has 2 spiro atoms. The van der Waals surface area contributed by atoms with E-state index >= 15 is 0 Å². The molecular weight excluding hydrogens is 316 g/mol. The van der Waals surface area contributed by atoms with Gasteiger partial charge in [-0.3, -0.25) is 4.79 Å². The van der Waals surface area contributed by atoms with Crippen LogP contribution >= 0.6 is 0 Å². The zero-order chi connectivity index (χ0) is 17.2. The number of amides is 1. The van der Waals surface area contributed by atoms with Crippen LogP contribution in [0.25, 0.3) is 0 Å². The van der Waals surface area contributed by atoms with Crippen molar-refractivity contribution in [2.24, 2.45) is 34.5 Å². The minimum atomic E-state index is 0.0532. The Balaban J connectivity index is 0.000000112. The molecule has 5 heteroatoms. The number of hydrogen-bond acceptors (Lipinski definition) is 4. The second kappa shape index (κ2) is 5.67. The van der Waals surface area contributed by atoms with Gasteiger partial charge < -0.3 is 20.8 Å². The highest BCUT2D eigenvalue weighted by molar-refractivity contribution is 5.82. The van der Waals surface area contributed by atoms with Crippen LogP contribution in [-0.2, 0) is 4.79 Å². The number of fused-ring (bicyclic) bond motifs is 2. The van der Waals surface area contributed by atoms with Crippen LogP contribution in [0.1, 0.15) is 51.4 Å². The van der Waals surface area contributed by atoms with E-state index in [-0.39, 0.29) is 24.5 Å². The highest BCUT2D eigenvalue weighted by atomic mass is 16.3. The van der Waals surface area contributed by atoms with Crippen LogP contribution in [0.5, 0.6) is 0 Å². The first-order valence-corrected chi connectivity index (χ1v) is 10.3. The summed E-state index contributed by atoms with van der Waals surface area (Å²) in [5.41, 5.74) is 1.30. The summed E-state index contributed by atoms with van der Waals surface area (Å²) in [6, 6.07) is 0.479. The van der Waals surface area contributed by atoms with Gasteiger partial charge in [-0.1, -0.05) is 0 Å². The fraction of sp³-hybridized carbons (Fsp3) is 0.950. The van der Waals surface area contributed by atoms with E-state index in [2.05, 4.69) is 10.6 Å². The van der Waals surface area contributed by atoms with Crippen LogP contribution in [0.3, 0.4) is 0 Å². The van der Waals surface area contributed by atoms with Crippen LogP contribution in [0, 0.1) is 34.5 Å². The third-order valence-electron chi connectivity index (χ3n) is 8.46. The van der Waals surface area contributed by atoms with Gasteiger partial charge in [-0.05, 0) is 86.5 Å². The van der Waals surface area contributed by atoms with Crippen LogP contribution < -0.4 is 10.6 Å². The van der Waals surface area contributed by atoms with Gasteiger partial charge in [0.05, 0.1) is 19.3 Å². The van der Waals surface area contributed by atoms with E-state index < -0.39 is 0 Å². The monoisotopic (exact) mass is 348 g/mol. The molecule has 4 saturated carbocycles. The first-order chi connectivity index (χ1) is 12.1. The summed E-state index contributed by atoms with van der Waals surface area (Å²) in [7, 11) is 0. The number of carbonyl (C=O) groups is 1. The zero-order valence-corrected chi connectivity index (χ0v) is 15.0. The van der Waals surface area contributed by atoms with Gasteiger partial charge in [-0.2, -0.15) is 0 Å². The topological polar surface area (TPSA) is 81.6 Å². The molecule has 4 N–H and O–H groups in total. The smallest absolute Gasteiger partial charge is 0.223 e. The molecule has 0 aromatic rings. The molecule has 6 fully saturated rings. The summed E-state index contributed by atoms with van der Waals surface area (Å²) < 4.78 is 0. The number of hydrogen-bond donors (Lipinski definition) is 4. The summed E-state index contributed by atoms with van der Waals surface area (Å²) in [6.07, 6.45) is 10.7. The van der Waals surface area contributed by atoms with Crippen molar-refractivity contribution in [3.05, 3.63) is 0 Å². The fourth-order valence-electron chi connectivity index (χ4n) is 6.61. The van der Waals surface area contributed by atoms with Crippen LogP contribution in [-0.4, -0.2) is 48.0 Å². The molecular formula is C20H32N2O3. The lowest BCUT2D eigenvalue weighted by Crippen LogP contribution is -2.33. The summed E-state index contributed by atoms with van der Waals surface area (Å²) in [5, 5.41) is 24.6. The number of aliphatic hydroxyl groups excluding tert-OH is 2. The Bertz CT molecular complexity index is 557. The molecule has 5 nitrogen and oxygen atoms in total. The van der Waals surface area contributed by atoms with E-state index in [4.69, 9.17) is 10.2 Å². The maximum Gasteiger partial charge on any atom is 0.223 e. The van der Waals surface area contributed by atoms with Gasteiger partial charge in [0.1, 0.15) is 0 Å². The number of carbonyl (C=O) groups excluding carboxylic acids is 1. The predicted octanol–water partition coefficient (Wildman–Crippen LogP) is 1.04. The van der Waals surface area contributed by atoms with Crippen LogP contribution in [0.15, 0.2) is 0 Å². The molecule has 140 valence electrons. The quantitative estimate of drug-likeness (QED) is 0.601. The molecule has 2 saturated heterocycles. The first-order valence-electron chi connectivity index (χ1n) is 10.3. The summed E-state index contributed by atoms with van der Waals surface area (Å²) >= 11 is 0. The average molecular weight is 348 g/mol. The second-order valence-electron chi connectivity index (χ2n) is 10.0. The molecule has 0 aromatic carbocycles.